The van der Waals surface area contributed by atoms with Gasteiger partial charge in [-0.25, -0.2) is 12.7 Å². The minimum absolute atomic E-state index is 0.245. The SMILES string of the molecule is Cc1cn[nH]c1[C@@H]1CCCN(S(=O)(=O)C(C)C)C1. The number of piperidine rings is 1. The van der Waals surface area contributed by atoms with Crippen LogP contribution in [0, 0.1) is 6.92 Å². The molecule has 6 heteroatoms. The van der Waals surface area contributed by atoms with Gasteiger partial charge in [-0.15, -0.1) is 0 Å². The highest BCUT2D eigenvalue weighted by molar-refractivity contribution is 7.89. The maximum atomic E-state index is 12.2. The van der Waals surface area contributed by atoms with Crippen molar-refractivity contribution in [3.63, 3.8) is 0 Å². The average Bonchev–Trinajstić information content (AvgIpc) is 2.75. The summed E-state index contributed by atoms with van der Waals surface area (Å²) in [7, 11) is -3.14. The van der Waals surface area contributed by atoms with Gasteiger partial charge < -0.3 is 0 Å². The highest BCUT2D eigenvalue weighted by Gasteiger charge is 2.32. The molecule has 0 aromatic carbocycles. The molecule has 0 saturated carbocycles. The minimum atomic E-state index is -3.14. The lowest BCUT2D eigenvalue weighted by Gasteiger charge is -2.32. The van der Waals surface area contributed by atoms with Crippen LogP contribution >= 0.6 is 0 Å². The summed E-state index contributed by atoms with van der Waals surface area (Å²) < 4.78 is 26.0. The predicted octanol–water partition coefficient (Wildman–Crippen LogP) is 1.64. The molecule has 1 saturated heterocycles. The van der Waals surface area contributed by atoms with Crippen LogP contribution in [0.1, 0.15) is 43.9 Å². The van der Waals surface area contributed by atoms with Gasteiger partial charge in [0.15, 0.2) is 0 Å². The molecule has 1 N–H and O–H groups in total. The van der Waals surface area contributed by atoms with E-state index in [1.165, 1.54) is 0 Å². The Kier molecular flexibility index (Phi) is 3.77. The van der Waals surface area contributed by atoms with E-state index in [0.29, 0.717) is 13.1 Å². The molecule has 102 valence electrons. The van der Waals surface area contributed by atoms with E-state index >= 15 is 0 Å². The smallest absolute Gasteiger partial charge is 0.216 e. The van der Waals surface area contributed by atoms with Crippen LogP contribution in [0.15, 0.2) is 6.20 Å². The zero-order valence-electron chi connectivity index (χ0n) is 11.2. The molecular weight excluding hydrogens is 250 g/mol. The van der Waals surface area contributed by atoms with Crippen molar-refractivity contribution in [1.82, 2.24) is 14.5 Å². The molecule has 1 fully saturated rings. The summed E-state index contributed by atoms with van der Waals surface area (Å²) in [4.78, 5) is 0. The van der Waals surface area contributed by atoms with Gasteiger partial charge in [0.2, 0.25) is 10.0 Å². The van der Waals surface area contributed by atoms with E-state index in [2.05, 4.69) is 10.2 Å². The second-order valence-corrected chi connectivity index (χ2v) is 7.75. The number of aromatic amines is 1. The molecule has 0 unspecified atom stereocenters. The first-order valence-electron chi connectivity index (χ1n) is 6.41. The van der Waals surface area contributed by atoms with Crippen molar-refractivity contribution in [2.45, 2.75) is 44.8 Å². The Morgan fingerprint density at radius 3 is 2.78 bits per heavy atom. The van der Waals surface area contributed by atoms with Crippen molar-refractivity contribution in [1.29, 1.82) is 0 Å². The Hall–Kier alpha value is -0.880. The van der Waals surface area contributed by atoms with Crippen molar-refractivity contribution in [3.05, 3.63) is 17.5 Å². The first-order chi connectivity index (χ1) is 8.43. The van der Waals surface area contributed by atoms with Gasteiger partial charge in [-0.2, -0.15) is 5.10 Å². The van der Waals surface area contributed by atoms with Crippen LogP contribution in [-0.2, 0) is 10.0 Å². The molecule has 0 spiro atoms. The van der Waals surface area contributed by atoms with Crippen LogP contribution in [0.2, 0.25) is 0 Å². The van der Waals surface area contributed by atoms with Gasteiger partial charge in [-0.05, 0) is 39.2 Å². The summed E-state index contributed by atoms with van der Waals surface area (Å²) in [5, 5.41) is 6.68. The van der Waals surface area contributed by atoms with Gasteiger partial charge >= 0.3 is 0 Å². The van der Waals surface area contributed by atoms with Gasteiger partial charge in [-0.3, -0.25) is 5.10 Å². The molecule has 2 rings (SSSR count). The van der Waals surface area contributed by atoms with E-state index < -0.39 is 10.0 Å². The number of sulfonamides is 1. The second-order valence-electron chi connectivity index (χ2n) is 5.26. The Bertz CT molecular complexity index is 507. The van der Waals surface area contributed by atoms with Crippen molar-refractivity contribution >= 4 is 10.0 Å². The Morgan fingerprint density at radius 1 is 1.50 bits per heavy atom. The highest BCUT2D eigenvalue weighted by Crippen LogP contribution is 2.29. The fourth-order valence-electron chi connectivity index (χ4n) is 2.48. The van der Waals surface area contributed by atoms with Crippen molar-refractivity contribution in [3.8, 4) is 0 Å². The molecule has 0 bridgehead atoms. The standard InChI is InChI=1S/C12H21N3O2S/c1-9(2)18(16,17)15-6-4-5-11(8-15)12-10(3)7-13-14-12/h7,9,11H,4-6,8H2,1-3H3,(H,13,14)/t11-/m1/s1. The molecule has 1 aliphatic heterocycles. The van der Waals surface area contributed by atoms with E-state index in [9.17, 15) is 8.42 Å². The number of H-pyrrole nitrogens is 1. The lowest BCUT2D eigenvalue weighted by Crippen LogP contribution is -2.42. The average molecular weight is 271 g/mol. The lowest BCUT2D eigenvalue weighted by molar-refractivity contribution is 0.310. The molecule has 5 nitrogen and oxygen atoms in total. The predicted molar refractivity (Wildman–Crippen MR) is 70.9 cm³/mol. The summed E-state index contributed by atoms with van der Waals surface area (Å²) in [6.07, 6.45) is 3.73. The Balaban J connectivity index is 2.18. The molecular formula is C12H21N3O2S. The number of hydrogen-bond acceptors (Lipinski definition) is 3. The van der Waals surface area contributed by atoms with Gasteiger partial charge in [0, 0.05) is 24.7 Å². The van der Waals surface area contributed by atoms with Gasteiger partial charge in [0.25, 0.3) is 0 Å². The van der Waals surface area contributed by atoms with E-state index in [-0.39, 0.29) is 11.2 Å². The maximum Gasteiger partial charge on any atom is 0.216 e. The topological polar surface area (TPSA) is 66.1 Å². The molecule has 2 heterocycles. The van der Waals surface area contributed by atoms with Gasteiger partial charge in [0.1, 0.15) is 0 Å². The third-order valence-corrected chi connectivity index (χ3v) is 5.86. The van der Waals surface area contributed by atoms with E-state index in [1.807, 2.05) is 6.92 Å². The second kappa shape index (κ2) is 5.01. The fourth-order valence-corrected chi connectivity index (χ4v) is 3.84. The monoisotopic (exact) mass is 271 g/mol. The minimum Gasteiger partial charge on any atom is -0.282 e. The van der Waals surface area contributed by atoms with E-state index in [0.717, 1.165) is 24.1 Å². The summed E-state index contributed by atoms with van der Waals surface area (Å²) >= 11 is 0. The lowest BCUT2D eigenvalue weighted by atomic mass is 9.94. The van der Waals surface area contributed by atoms with Gasteiger partial charge in [0.05, 0.1) is 11.4 Å². The first kappa shape index (κ1) is 13.5. The highest BCUT2D eigenvalue weighted by atomic mass is 32.2. The quantitative estimate of drug-likeness (QED) is 0.908. The van der Waals surface area contributed by atoms with Crippen LogP contribution < -0.4 is 0 Å². The number of aromatic nitrogens is 2. The van der Waals surface area contributed by atoms with Crippen LogP contribution in [-0.4, -0.2) is 41.3 Å². The zero-order chi connectivity index (χ0) is 13.3. The van der Waals surface area contributed by atoms with Crippen molar-refractivity contribution in [2.75, 3.05) is 13.1 Å². The zero-order valence-corrected chi connectivity index (χ0v) is 12.0. The molecule has 1 aliphatic rings. The number of aryl methyl sites for hydroxylation is 1. The normalized spacial score (nSPS) is 22.6. The summed E-state index contributed by atoms with van der Waals surface area (Å²) in [5.41, 5.74) is 2.20. The number of rotatable bonds is 3. The van der Waals surface area contributed by atoms with Crippen LogP contribution in [0.3, 0.4) is 0 Å². The van der Waals surface area contributed by atoms with Gasteiger partial charge in [-0.1, -0.05) is 0 Å². The summed E-state index contributed by atoms with van der Waals surface area (Å²) in [6.45, 7) is 6.70. The molecule has 1 atom stereocenters. The van der Waals surface area contributed by atoms with Crippen LogP contribution in [0.5, 0.6) is 0 Å². The Morgan fingerprint density at radius 2 is 2.22 bits per heavy atom. The molecule has 1 aromatic rings. The molecule has 0 radical (unpaired) electrons. The summed E-state index contributed by atoms with van der Waals surface area (Å²) in [6, 6.07) is 0. The number of nitrogens with one attached hydrogen (secondary N) is 1. The maximum absolute atomic E-state index is 12.2. The Labute approximate surface area is 109 Å². The molecule has 1 aromatic heterocycles. The number of nitrogens with zero attached hydrogens (tertiary/aromatic N) is 2. The number of hydrogen-bond donors (Lipinski definition) is 1. The summed E-state index contributed by atoms with van der Waals surface area (Å²) in [5.74, 6) is 0.245. The third kappa shape index (κ3) is 2.44. The van der Waals surface area contributed by atoms with E-state index in [1.54, 1.807) is 24.3 Å². The van der Waals surface area contributed by atoms with Crippen LogP contribution in [0.25, 0.3) is 0 Å². The largest absolute Gasteiger partial charge is 0.282 e. The molecule has 18 heavy (non-hydrogen) atoms. The fraction of sp³-hybridized carbons (Fsp3) is 0.750. The van der Waals surface area contributed by atoms with Crippen molar-refractivity contribution < 1.29 is 8.42 Å². The van der Waals surface area contributed by atoms with E-state index in [4.69, 9.17) is 0 Å². The molecule has 0 aliphatic carbocycles. The van der Waals surface area contributed by atoms with Crippen molar-refractivity contribution in [2.24, 2.45) is 0 Å². The third-order valence-electron chi connectivity index (χ3n) is 3.62. The molecule has 0 amide bonds. The van der Waals surface area contributed by atoms with Crippen LogP contribution in [0.4, 0.5) is 0 Å². The first-order valence-corrected chi connectivity index (χ1v) is 7.92.